The predicted molar refractivity (Wildman–Crippen MR) is 105 cm³/mol. The zero-order valence-corrected chi connectivity index (χ0v) is 15.8. The van der Waals surface area contributed by atoms with E-state index in [4.69, 9.17) is 4.98 Å². The van der Waals surface area contributed by atoms with Crippen LogP contribution in [0.4, 0.5) is 5.95 Å². The van der Waals surface area contributed by atoms with Crippen molar-refractivity contribution in [3.05, 3.63) is 45.3 Å². The molecule has 0 amide bonds. The Labute approximate surface area is 154 Å². The molecule has 0 bridgehead atoms. The van der Waals surface area contributed by atoms with Crippen molar-refractivity contribution in [3.8, 4) is 0 Å². The van der Waals surface area contributed by atoms with Crippen molar-refractivity contribution in [3.63, 3.8) is 0 Å². The Kier molecular flexibility index (Phi) is 4.20. The van der Waals surface area contributed by atoms with Crippen LogP contribution in [-0.2, 0) is 20.0 Å². The highest BCUT2D eigenvalue weighted by molar-refractivity contribution is 7.18. The molecule has 0 spiro atoms. The number of aromatic amines is 1. The lowest BCUT2D eigenvalue weighted by Crippen LogP contribution is -2.23. The van der Waals surface area contributed by atoms with Crippen LogP contribution in [0.15, 0.2) is 29.2 Å². The summed E-state index contributed by atoms with van der Waals surface area (Å²) in [5.74, 6) is 0.554. The first kappa shape index (κ1) is 16.7. The molecule has 7 nitrogen and oxygen atoms in total. The van der Waals surface area contributed by atoms with Crippen LogP contribution < -0.4 is 10.5 Å². The summed E-state index contributed by atoms with van der Waals surface area (Å²) in [5, 5.41) is 5.60. The van der Waals surface area contributed by atoms with Crippen molar-refractivity contribution in [1.82, 2.24) is 24.7 Å². The third-order valence-electron chi connectivity index (χ3n) is 4.34. The lowest BCUT2D eigenvalue weighted by molar-refractivity contribution is 0.750. The Morgan fingerprint density at radius 3 is 3.00 bits per heavy atom. The van der Waals surface area contributed by atoms with Crippen molar-refractivity contribution in [1.29, 1.82) is 0 Å². The van der Waals surface area contributed by atoms with E-state index in [1.165, 1.54) is 4.88 Å². The van der Waals surface area contributed by atoms with E-state index < -0.39 is 0 Å². The Balaban J connectivity index is 1.70. The van der Waals surface area contributed by atoms with E-state index in [0.29, 0.717) is 23.5 Å². The van der Waals surface area contributed by atoms with Crippen molar-refractivity contribution in [2.24, 2.45) is 7.05 Å². The third-order valence-corrected chi connectivity index (χ3v) is 5.38. The predicted octanol–water partition coefficient (Wildman–Crippen LogP) is 2.86. The molecular formula is C18H20N6OS. The van der Waals surface area contributed by atoms with Crippen LogP contribution in [0.25, 0.3) is 21.3 Å². The normalized spacial score (nSPS) is 11.5. The van der Waals surface area contributed by atoms with Gasteiger partial charge in [0, 0.05) is 30.6 Å². The lowest BCUT2D eigenvalue weighted by Gasteiger charge is -2.16. The van der Waals surface area contributed by atoms with Crippen molar-refractivity contribution >= 4 is 38.5 Å². The van der Waals surface area contributed by atoms with Crippen molar-refractivity contribution in [2.45, 2.75) is 26.3 Å². The molecule has 0 atom stereocenters. The third kappa shape index (κ3) is 2.86. The minimum Gasteiger partial charge on any atom is -0.340 e. The molecule has 134 valence electrons. The summed E-state index contributed by atoms with van der Waals surface area (Å²) < 4.78 is 1.62. The number of anilines is 1. The Hall–Kier alpha value is -2.74. The number of rotatable bonds is 5. The molecule has 4 heterocycles. The number of hydrogen-bond acceptors (Lipinski definition) is 6. The number of nitrogens with one attached hydrogen (secondary N) is 1. The molecule has 4 aromatic heterocycles. The van der Waals surface area contributed by atoms with Gasteiger partial charge in [0.2, 0.25) is 5.95 Å². The number of aryl methyl sites for hydroxylation is 2. The van der Waals surface area contributed by atoms with E-state index in [9.17, 15) is 4.79 Å². The second-order valence-electron chi connectivity index (χ2n) is 6.37. The summed E-state index contributed by atoms with van der Waals surface area (Å²) in [6.07, 6.45) is 3.57. The molecule has 0 radical (unpaired) electrons. The average molecular weight is 368 g/mol. The standard InChI is InChI=1S/C18H20N6OS/c1-4-6-13-14-15(24(3)22-13)16(25)21-18(20-14)23(2)10-12-9-11-7-5-8-19-17(11)26-12/h5,7-9H,4,6,10H2,1-3H3,(H,20,21,25). The number of thiophene rings is 1. The highest BCUT2D eigenvalue weighted by Crippen LogP contribution is 2.25. The smallest absolute Gasteiger partial charge is 0.278 e. The van der Waals surface area contributed by atoms with E-state index in [2.05, 4.69) is 34.1 Å². The van der Waals surface area contributed by atoms with Gasteiger partial charge >= 0.3 is 0 Å². The number of nitrogens with zero attached hydrogens (tertiary/aromatic N) is 5. The summed E-state index contributed by atoms with van der Waals surface area (Å²) >= 11 is 1.65. The van der Waals surface area contributed by atoms with Gasteiger partial charge in [-0.1, -0.05) is 19.4 Å². The quantitative estimate of drug-likeness (QED) is 0.586. The van der Waals surface area contributed by atoms with Gasteiger partial charge < -0.3 is 4.90 Å². The molecule has 4 rings (SSSR count). The fraction of sp³-hybridized carbons (Fsp3) is 0.333. The van der Waals surface area contributed by atoms with E-state index in [1.807, 2.05) is 18.0 Å². The first-order valence-electron chi connectivity index (χ1n) is 8.57. The summed E-state index contributed by atoms with van der Waals surface area (Å²) in [5.41, 5.74) is 1.93. The average Bonchev–Trinajstić information content (AvgIpc) is 3.16. The lowest BCUT2D eigenvalue weighted by atomic mass is 10.2. The minimum atomic E-state index is -0.160. The zero-order valence-electron chi connectivity index (χ0n) is 15.0. The van der Waals surface area contributed by atoms with Gasteiger partial charge in [-0.05, 0) is 18.6 Å². The number of H-pyrrole nitrogens is 1. The summed E-state index contributed by atoms with van der Waals surface area (Å²) in [6.45, 7) is 2.75. The number of pyridine rings is 1. The van der Waals surface area contributed by atoms with Crippen LogP contribution in [0.5, 0.6) is 0 Å². The van der Waals surface area contributed by atoms with Gasteiger partial charge in [0.25, 0.3) is 5.56 Å². The molecule has 0 aromatic carbocycles. The van der Waals surface area contributed by atoms with Crippen LogP contribution in [0.1, 0.15) is 23.9 Å². The maximum absolute atomic E-state index is 12.5. The summed E-state index contributed by atoms with van der Waals surface area (Å²) in [4.78, 5) is 28.7. The maximum atomic E-state index is 12.5. The van der Waals surface area contributed by atoms with E-state index >= 15 is 0 Å². The van der Waals surface area contributed by atoms with E-state index in [0.717, 1.165) is 28.8 Å². The van der Waals surface area contributed by atoms with Crippen LogP contribution in [-0.4, -0.2) is 31.8 Å². The van der Waals surface area contributed by atoms with Gasteiger partial charge in [0.1, 0.15) is 10.3 Å². The fourth-order valence-corrected chi connectivity index (χ4v) is 4.18. The molecule has 0 saturated heterocycles. The summed E-state index contributed by atoms with van der Waals surface area (Å²) in [7, 11) is 3.71. The van der Waals surface area contributed by atoms with E-state index in [-0.39, 0.29) is 5.56 Å². The van der Waals surface area contributed by atoms with E-state index in [1.54, 1.807) is 29.3 Å². The van der Waals surface area contributed by atoms with Crippen LogP contribution in [0, 0.1) is 0 Å². The monoisotopic (exact) mass is 368 g/mol. The van der Waals surface area contributed by atoms with Gasteiger partial charge in [-0.15, -0.1) is 11.3 Å². The summed E-state index contributed by atoms with van der Waals surface area (Å²) in [6, 6.07) is 6.13. The molecule has 26 heavy (non-hydrogen) atoms. The molecule has 8 heteroatoms. The molecule has 0 aliphatic heterocycles. The zero-order chi connectivity index (χ0) is 18.3. The second kappa shape index (κ2) is 6.53. The Bertz CT molecular complexity index is 1110. The van der Waals surface area contributed by atoms with Gasteiger partial charge in [0.15, 0.2) is 5.52 Å². The van der Waals surface area contributed by atoms with Crippen molar-refractivity contribution < 1.29 is 0 Å². The number of aromatic nitrogens is 5. The first-order valence-corrected chi connectivity index (χ1v) is 9.39. The molecule has 0 aliphatic carbocycles. The van der Waals surface area contributed by atoms with Gasteiger partial charge in [-0.25, -0.2) is 9.97 Å². The maximum Gasteiger partial charge on any atom is 0.278 e. The van der Waals surface area contributed by atoms with Crippen molar-refractivity contribution in [2.75, 3.05) is 11.9 Å². The topological polar surface area (TPSA) is 79.7 Å². The molecule has 0 aliphatic rings. The Morgan fingerprint density at radius 1 is 1.38 bits per heavy atom. The highest BCUT2D eigenvalue weighted by atomic mass is 32.1. The Morgan fingerprint density at radius 2 is 2.23 bits per heavy atom. The molecule has 0 fully saturated rings. The molecular weight excluding hydrogens is 348 g/mol. The molecule has 0 saturated carbocycles. The first-order chi connectivity index (χ1) is 12.6. The van der Waals surface area contributed by atoms with Gasteiger partial charge in [0.05, 0.1) is 12.2 Å². The van der Waals surface area contributed by atoms with Crippen LogP contribution in [0.3, 0.4) is 0 Å². The second-order valence-corrected chi connectivity index (χ2v) is 7.49. The van der Waals surface area contributed by atoms with Gasteiger partial charge in [-0.2, -0.15) is 5.10 Å². The largest absolute Gasteiger partial charge is 0.340 e. The minimum absolute atomic E-state index is 0.160. The SMILES string of the molecule is CCCc1nn(C)c2c(=O)[nH]c(N(C)Cc3cc4cccnc4s3)nc12. The van der Waals surface area contributed by atoms with Crippen LogP contribution in [0.2, 0.25) is 0 Å². The molecule has 4 aromatic rings. The molecule has 0 unspecified atom stereocenters. The van der Waals surface area contributed by atoms with Crippen LogP contribution >= 0.6 is 11.3 Å². The number of hydrogen-bond donors (Lipinski definition) is 1. The fourth-order valence-electron chi connectivity index (χ4n) is 3.13. The molecule has 1 N–H and O–H groups in total. The highest BCUT2D eigenvalue weighted by Gasteiger charge is 2.16. The van der Waals surface area contributed by atoms with Gasteiger partial charge in [-0.3, -0.25) is 14.5 Å². The number of fused-ring (bicyclic) bond motifs is 2.